The van der Waals surface area contributed by atoms with Crippen LogP contribution >= 0.6 is 0 Å². The molecule has 0 aliphatic rings. The van der Waals surface area contributed by atoms with Crippen LogP contribution in [0.1, 0.15) is 41.6 Å². The zero-order valence-electron chi connectivity index (χ0n) is 11.2. The van der Waals surface area contributed by atoms with Gasteiger partial charge in [-0.05, 0) is 19.4 Å². The van der Waals surface area contributed by atoms with Crippen LogP contribution in [0.3, 0.4) is 0 Å². The fraction of sp³-hybridized carbons (Fsp3) is 0.615. The number of ether oxygens (including phenoxy) is 1. The van der Waals surface area contributed by atoms with E-state index in [4.69, 9.17) is 14.3 Å². The van der Waals surface area contributed by atoms with Crippen LogP contribution < -0.4 is 5.32 Å². The molecule has 18 heavy (non-hydrogen) atoms. The Labute approximate surface area is 107 Å². The molecule has 1 atom stereocenters. The molecule has 0 aliphatic carbocycles. The van der Waals surface area contributed by atoms with Crippen molar-refractivity contribution in [1.29, 1.82) is 0 Å². The normalized spacial score (nSPS) is 12.6. The van der Waals surface area contributed by atoms with Crippen LogP contribution in [0.2, 0.25) is 0 Å². The van der Waals surface area contributed by atoms with Gasteiger partial charge in [-0.2, -0.15) is 0 Å². The zero-order chi connectivity index (χ0) is 13.5. The molecule has 1 unspecified atom stereocenters. The Morgan fingerprint density at radius 1 is 1.61 bits per heavy atom. The minimum atomic E-state index is -1.03. The van der Waals surface area contributed by atoms with Gasteiger partial charge in [-0.1, -0.05) is 13.3 Å². The van der Waals surface area contributed by atoms with Crippen molar-refractivity contribution in [1.82, 2.24) is 5.32 Å². The molecule has 1 aromatic heterocycles. The SMILES string of the molecule is CCCC(COC)NCc1cc(C)c(C(=O)O)o1. The lowest BCUT2D eigenvalue weighted by atomic mass is 10.2. The van der Waals surface area contributed by atoms with E-state index in [9.17, 15) is 4.79 Å². The fourth-order valence-corrected chi connectivity index (χ4v) is 1.89. The van der Waals surface area contributed by atoms with E-state index >= 15 is 0 Å². The highest BCUT2D eigenvalue weighted by Gasteiger charge is 2.15. The second-order valence-electron chi connectivity index (χ2n) is 4.35. The first-order valence-corrected chi connectivity index (χ1v) is 6.13. The average molecular weight is 255 g/mol. The Kier molecular flexibility index (Phi) is 5.88. The topological polar surface area (TPSA) is 71.7 Å². The monoisotopic (exact) mass is 255 g/mol. The molecule has 0 amide bonds. The number of carboxylic acid groups (broad SMARTS) is 1. The summed E-state index contributed by atoms with van der Waals surface area (Å²) in [5.41, 5.74) is 0.651. The van der Waals surface area contributed by atoms with Gasteiger partial charge in [0.15, 0.2) is 0 Å². The van der Waals surface area contributed by atoms with Crippen LogP contribution in [0.4, 0.5) is 0 Å². The van der Waals surface area contributed by atoms with Gasteiger partial charge in [0.25, 0.3) is 0 Å². The number of rotatable bonds is 8. The predicted octanol–water partition coefficient (Wildman–Crippen LogP) is 2.19. The quantitative estimate of drug-likeness (QED) is 0.745. The van der Waals surface area contributed by atoms with Crippen LogP contribution in [0, 0.1) is 6.92 Å². The third kappa shape index (κ3) is 4.16. The number of nitrogens with one attached hydrogen (secondary N) is 1. The molecule has 0 aromatic carbocycles. The van der Waals surface area contributed by atoms with E-state index in [1.165, 1.54) is 0 Å². The van der Waals surface area contributed by atoms with E-state index in [1.54, 1.807) is 20.1 Å². The van der Waals surface area contributed by atoms with Crippen LogP contribution in [0.15, 0.2) is 10.5 Å². The number of aromatic carboxylic acids is 1. The lowest BCUT2D eigenvalue weighted by molar-refractivity contribution is 0.0658. The van der Waals surface area contributed by atoms with Gasteiger partial charge in [0.2, 0.25) is 5.76 Å². The fourth-order valence-electron chi connectivity index (χ4n) is 1.89. The molecule has 0 radical (unpaired) electrons. The van der Waals surface area contributed by atoms with Crippen molar-refractivity contribution in [3.05, 3.63) is 23.2 Å². The molecule has 0 saturated heterocycles. The summed E-state index contributed by atoms with van der Waals surface area (Å²) < 4.78 is 10.4. The first-order valence-electron chi connectivity index (χ1n) is 6.13. The Bertz CT molecular complexity index is 380. The first-order chi connectivity index (χ1) is 8.58. The number of aryl methyl sites for hydroxylation is 1. The summed E-state index contributed by atoms with van der Waals surface area (Å²) in [5.74, 6) is -0.367. The molecule has 0 spiro atoms. The smallest absolute Gasteiger partial charge is 0.372 e. The molecular formula is C13H21NO4. The molecule has 0 fully saturated rings. The van der Waals surface area contributed by atoms with Gasteiger partial charge in [0.1, 0.15) is 5.76 Å². The van der Waals surface area contributed by atoms with Gasteiger partial charge in [0, 0.05) is 18.7 Å². The maximum atomic E-state index is 10.8. The molecule has 5 heteroatoms. The van der Waals surface area contributed by atoms with Crippen molar-refractivity contribution in [3.63, 3.8) is 0 Å². The molecule has 0 aliphatic heterocycles. The minimum absolute atomic E-state index is 0.0191. The molecule has 5 nitrogen and oxygen atoms in total. The largest absolute Gasteiger partial charge is 0.475 e. The minimum Gasteiger partial charge on any atom is -0.475 e. The molecule has 1 aromatic rings. The van der Waals surface area contributed by atoms with Crippen LogP contribution in [-0.4, -0.2) is 30.8 Å². The third-order valence-electron chi connectivity index (χ3n) is 2.73. The highest BCUT2D eigenvalue weighted by atomic mass is 16.5. The molecule has 102 valence electrons. The van der Waals surface area contributed by atoms with Gasteiger partial charge in [0.05, 0.1) is 13.2 Å². The van der Waals surface area contributed by atoms with E-state index < -0.39 is 5.97 Å². The Hall–Kier alpha value is -1.33. The third-order valence-corrected chi connectivity index (χ3v) is 2.73. The zero-order valence-corrected chi connectivity index (χ0v) is 11.2. The Morgan fingerprint density at radius 2 is 2.33 bits per heavy atom. The van der Waals surface area contributed by atoms with Crippen molar-refractivity contribution in [2.75, 3.05) is 13.7 Å². The van der Waals surface area contributed by atoms with Gasteiger partial charge >= 0.3 is 5.97 Å². The van der Waals surface area contributed by atoms with E-state index in [2.05, 4.69) is 12.2 Å². The summed E-state index contributed by atoms with van der Waals surface area (Å²) in [4.78, 5) is 10.8. The lowest BCUT2D eigenvalue weighted by Gasteiger charge is -2.16. The number of furan rings is 1. The van der Waals surface area contributed by atoms with Crippen LogP contribution in [-0.2, 0) is 11.3 Å². The van der Waals surface area contributed by atoms with E-state index in [0.717, 1.165) is 12.8 Å². The van der Waals surface area contributed by atoms with Gasteiger partial charge in [-0.25, -0.2) is 4.79 Å². The van der Waals surface area contributed by atoms with E-state index in [0.29, 0.717) is 24.5 Å². The summed E-state index contributed by atoms with van der Waals surface area (Å²) in [6.07, 6.45) is 2.08. The Balaban J connectivity index is 2.56. The van der Waals surface area contributed by atoms with E-state index in [1.807, 2.05) is 0 Å². The summed E-state index contributed by atoms with van der Waals surface area (Å²) in [7, 11) is 1.67. The van der Waals surface area contributed by atoms with Gasteiger partial charge in [-0.3, -0.25) is 0 Å². The predicted molar refractivity (Wildman–Crippen MR) is 67.8 cm³/mol. The molecule has 2 N–H and O–H groups in total. The summed E-state index contributed by atoms with van der Waals surface area (Å²) in [6.45, 7) is 5.00. The maximum absolute atomic E-state index is 10.8. The molecule has 1 heterocycles. The molecule has 0 bridgehead atoms. The second kappa shape index (κ2) is 7.18. The molecule has 0 saturated carbocycles. The summed E-state index contributed by atoms with van der Waals surface area (Å²) in [5, 5.41) is 12.2. The van der Waals surface area contributed by atoms with Crippen molar-refractivity contribution in [3.8, 4) is 0 Å². The second-order valence-corrected chi connectivity index (χ2v) is 4.35. The van der Waals surface area contributed by atoms with Crippen LogP contribution in [0.5, 0.6) is 0 Å². The lowest BCUT2D eigenvalue weighted by Crippen LogP contribution is -2.32. The van der Waals surface area contributed by atoms with E-state index in [-0.39, 0.29) is 11.8 Å². The summed E-state index contributed by atoms with van der Waals surface area (Å²) >= 11 is 0. The number of hydrogen-bond acceptors (Lipinski definition) is 4. The van der Waals surface area contributed by atoms with Crippen molar-refractivity contribution < 1.29 is 19.1 Å². The standard InChI is InChI=1S/C13H21NO4/c1-4-5-10(8-17-3)14-7-11-6-9(2)12(18-11)13(15)16/h6,10,14H,4-5,7-8H2,1-3H3,(H,15,16). The number of carboxylic acids is 1. The highest BCUT2D eigenvalue weighted by molar-refractivity contribution is 5.86. The first kappa shape index (κ1) is 14.7. The maximum Gasteiger partial charge on any atom is 0.372 e. The van der Waals surface area contributed by atoms with Gasteiger partial charge in [-0.15, -0.1) is 0 Å². The van der Waals surface area contributed by atoms with Crippen molar-refractivity contribution in [2.24, 2.45) is 0 Å². The Morgan fingerprint density at radius 3 is 2.83 bits per heavy atom. The highest BCUT2D eigenvalue weighted by Crippen LogP contribution is 2.14. The summed E-state index contributed by atoms with van der Waals surface area (Å²) in [6, 6.07) is 2.02. The van der Waals surface area contributed by atoms with Crippen molar-refractivity contribution >= 4 is 5.97 Å². The van der Waals surface area contributed by atoms with Gasteiger partial charge < -0.3 is 19.6 Å². The number of methoxy groups -OCH3 is 1. The number of carbonyl (C=O) groups is 1. The molecule has 1 rings (SSSR count). The molecular weight excluding hydrogens is 234 g/mol. The number of hydrogen-bond donors (Lipinski definition) is 2. The average Bonchev–Trinajstić information content (AvgIpc) is 2.68. The van der Waals surface area contributed by atoms with Crippen LogP contribution in [0.25, 0.3) is 0 Å². The van der Waals surface area contributed by atoms with Crippen molar-refractivity contribution in [2.45, 2.75) is 39.3 Å².